The molecule has 1 aliphatic heterocycles. The highest BCUT2D eigenvalue weighted by molar-refractivity contribution is 5.99. The van der Waals surface area contributed by atoms with Crippen molar-refractivity contribution in [1.29, 1.82) is 0 Å². The van der Waals surface area contributed by atoms with Gasteiger partial charge in [0.25, 0.3) is 5.91 Å². The fourth-order valence-electron chi connectivity index (χ4n) is 2.89. The number of nitrogens with zero attached hydrogens (tertiary/aromatic N) is 1. The minimum absolute atomic E-state index is 0.136. The van der Waals surface area contributed by atoms with Crippen molar-refractivity contribution in [2.75, 3.05) is 27.5 Å². The molecule has 0 saturated carbocycles. The fourth-order valence-corrected chi connectivity index (χ4v) is 2.89. The van der Waals surface area contributed by atoms with Gasteiger partial charge in [0, 0.05) is 17.7 Å². The van der Waals surface area contributed by atoms with Gasteiger partial charge in [0.1, 0.15) is 6.54 Å². The molecule has 0 aromatic heterocycles. The molecule has 0 atom stereocenters. The number of ether oxygens (including phenoxy) is 2. The summed E-state index contributed by atoms with van der Waals surface area (Å²) in [5, 5.41) is 6.91. The molecule has 3 rings (SSSR count). The van der Waals surface area contributed by atoms with Crippen LogP contribution in [0.3, 0.4) is 0 Å². The van der Waals surface area contributed by atoms with Crippen LogP contribution in [0, 0.1) is 0 Å². The minimum Gasteiger partial charge on any atom is -0.454 e. The molecule has 148 valence electrons. The second-order valence-electron chi connectivity index (χ2n) is 6.95. The number of hydrogen-bond donors (Lipinski definition) is 2. The fraction of sp³-hybridized carbons (Fsp3) is 0.333. The molecule has 7 nitrogen and oxygen atoms in total. The summed E-state index contributed by atoms with van der Waals surface area (Å²) >= 11 is 0. The largest absolute Gasteiger partial charge is 0.454 e. The third-order valence-corrected chi connectivity index (χ3v) is 4.33. The molecule has 0 spiro atoms. The Morgan fingerprint density at radius 3 is 2.68 bits per heavy atom. The lowest BCUT2D eigenvalue weighted by molar-refractivity contribution is -0.872. The zero-order valence-electron chi connectivity index (χ0n) is 16.5. The van der Waals surface area contributed by atoms with E-state index >= 15 is 0 Å². The van der Waals surface area contributed by atoms with Gasteiger partial charge in [-0.3, -0.25) is 4.79 Å². The SMILES string of the molecule is C/C(=N/OCC(=O)NCc1ccccc1C[NH+](C)C)c1ccc2c(c1)OCO2. The Bertz CT molecular complexity index is 864. The molecule has 2 aromatic carbocycles. The Balaban J connectivity index is 1.49. The highest BCUT2D eigenvalue weighted by Gasteiger charge is 2.14. The van der Waals surface area contributed by atoms with Gasteiger partial charge in [0.15, 0.2) is 18.1 Å². The average molecular weight is 384 g/mol. The van der Waals surface area contributed by atoms with E-state index in [-0.39, 0.29) is 19.3 Å². The first-order valence-electron chi connectivity index (χ1n) is 9.22. The first kappa shape index (κ1) is 19.7. The van der Waals surface area contributed by atoms with Crippen LogP contribution in [0.4, 0.5) is 0 Å². The highest BCUT2D eigenvalue weighted by Crippen LogP contribution is 2.32. The lowest BCUT2D eigenvalue weighted by atomic mass is 10.1. The number of hydrogen-bond acceptors (Lipinski definition) is 5. The van der Waals surface area contributed by atoms with E-state index in [4.69, 9.17) is 14.3 Å². The van der Waals surface area contributed by atoms with E-state index < -0.39 is 0 Å². The summed E-state index contributed by atoms with van der Waals surface area (Å²) in [5.74, 6) is 1.19. The summed E-state index contributed by atoms with van der Waals surface area (Å²) in [6, 6.07) is 13.7. The maximum Gasteiger partial charge on any atom is 0.261 e. The van der Waals surface area contributed by atoms with Crippen LogP contribution in [-0.4, -0.2) is 39.1 Å². The lowest BCUT2D eigenvalue weighted by Crippen LogP contribution is -3.04. The van der Waals surface area contributed by atoms with Crippen LogP contribution in [0.1, 0.15) is 23.6 Å². The molecular weight excluding hydrogens is 358 g/mol. The summed E-state index contributed by atoms with van der Waals surface area (Å²) < 4.78 is 10.6. The Labute approximate surface area is 164 Å². The Kier molecular flexibility index (Phi) is 6.49. The molecule has 2 N–H and O–H groups in total. The molecule has 0 saturated heterocycles. The Hall–Kier alpha value is -3.06. The molecule has 0 radical (unpaired) electrons. The summed E-state index contributed by atoms with van der Waals surface area (Å²) in [5.41, 5.74) is 3.84. The standard InChI is InChI=1S/C21H25N3O4/c1-15(16-8-9-19-20(10-16)27-14-26-19)23-28-13-21(25)22-11-17-6-4-5-7-18(17)12-24(2)3/h4-10H,11-14H2,1-3H3,(H,22,25)/p+1/b23-15-. The predicted molar refractivity (Wildman–Crippen MR) is 106 cm³/mol. The first-order valence-corrected chi connectivity index (χ1v) is 9.22. The molecule has 1 aliphatic rings. The number of carbonyl (C=O) groups is 1. The topological polar surface area (TPSA) is 73.6 Å². The molecule has 0 bridgehead atoms. The van der Waals surface area contributed by atoms with Gasteiger partial charge in [-0.2, -0.15) is 0 Å². The number of quaternary nitrogens is 1. The molecule has 0 unspecified atom stereocenters. The third-order valence-electron chi connectivity index (χ3n) is 4.33. The van der Waals surface area contributed by atoms with Crippen LogP contribution in [0.2, 0.25) is 0 Å². The summed E-state index contributed by atoms with van der Waals surface area (Å²) in [4.78, 5) is 18.6. The van der Waals surface area contributed by atoms with E-state index in [9.17, 15) is 4.79 Å². The maximum absolute atomic E-state index is 12.1. The van der Waals surface area contributed by atoms with Gasteiger partial charge >= 0.3 is 0 Å². The molecule has 0 aliphatic carbocycles. The number of amides is 1. The minimum atomic E-state index is -0.214. The van der Waals surface area contributed by atoms with Crippen LogP contribution >= 0.6 is 0 Å². The van der Waals surface area contributed by atoms with Crippen LogP contribution in [0.15, 0.2) is 47.6 Å². The van der Waals surface area contributed by atoms with Gasteiger partial charge < -0.3 is 24.5 Å². The predicted octanol–water partition coefficient (Wildman–Crippen LogP) is 1.12. The second kappa shape index (κ2) is 9.23. The monoisotopic (exact) mass is 384 g/mol. The van der Waals surface area contributed by atoms with Gasteiger partial charge in [0.2, 0.25) is 6.79 Å². The second-order valence-corrected chi connectivity index (χ2v) is 6.95. The van der Waals surface area contributed by atoms with Crippen molar-refractivity contribution < 1.29 is 24.0 Å². The van der Waals surface area contributed by atoms with Crippen LogP contribution < -0.4 is 19.7 Å². The van der Waals surface area contributed by atoms with Crippen molar-refractivity contribution in [3.63, 3.8) is 0 Å². The van der Waals surface area contributed by atoms with E-state index in [0.29, 0.717) is 23.8 Å². The smallest absolute Gasteiger partial charge is 0.261 e. The van der Waals surface area contributed by atoms with Gasteiger partial charge in [-0.25, -0.2) is 0 Å². The molecule has 7 heteroatoms. The molecule has 1 heterocycles. The van der Waals surface area contributed by atoms with Crippen molar-refractivity contribution in [2.24, 2.45) is 5.16 Å². The van der Waals surface area contributed by atoms with Gasteiger partial charge in [-0.1, -0.05) is 29.4 Å². The number of benzene rings is 2. The lowest BCUT2D eigenvalue weighted by Gasteiger charge is -2.12. The van der Waals surface area contributed by atoms with Gasteiger partial charge in [-0.05, 0) is 30.7 Å². The first-order chi connectivity index (χ1) is 13.5. The quantitative estimate of drug-likeness (QED) is 0.528. The highest BCUT2D eigenvalue weighted by atomic mass is 16.7. The molecule has 0 fully saturated rings. The van der Waals surface area contributed by atoms with Gasteiger partial charge in [-0.15, -0.1) is 0 Å². The zero-order chi connectivity index (χ0) is 19.9. The molecule has 2 aromatic rings. The van der Waals surface area contributed by atoms with Crippen molar-refractivity contribution in [3.8, 4) is 11.5 Å². The summed E-state index contributed by atoms with van der Waals surface area (Å²) in [6.07, 6.45) is 0. The number of fused-ring (bicyclic) bond motifs is 1. The summed E-state index contributed by atoms with van der Waals surface area (Å²) in [7, 11) is 4.20. The Morgan fingerprint density at radius 1 is 1.14 bits per heavy atom. The van der Waals surface area contributed by atoms with Crippen LogP contribution in [0.25, 0.3) is 0 Å². The van der Waals surface area contributed by atoms with E-state index in [1.165, 1.54) is 10.5 Å². The number of rotatable bonds is 8. The number of oxime groups is 1. The van der Waals surface area contributed by atoms with Crippen molar-refractivity contribution >= 4 is 11.6 Å². The van der Waals surface area contributed by atoms with Gasteiger partial charge in [0.05, 0.1) is 19.8 Å². The van der Waals surface area contributed by atoms with Crippen LogP contribution in [0.5, 0.6) is 11.5 Å². The maximum atomic E-state index is 12.1. The average Bonchev–Trinajstić information content (AvgIpc) is 3.14. The van der Waals surface area contributed by atoms with E-state index in [0.717, 1.165) is 17.7 Å². The third kappa shape index (κ3) is 5.23. The van der Waals surface area contributed by atoms with Crippen LogP contribution in [-0.2, 0) is 22.7 Å². The number of nitrogens with one attached hydrogen (secondary N) is 2. The van der Waals surface area contributed by atoms with E-state index in [2.05, 4.69) is 30.6 Å². The summed E-state index contributed by atoms with van der Waals surface area (Å²) in [6.45, 7) is 3.28. The zero-order valence-corrected chi connectivity index (χ0v) is 16.5. The molecular formula is C21H26N3O4+. The molecule has 1 amide bonds. The molecule has 28 heavy (non-hydrogen) atoms. The van der Waals surface area contributed by atoms with Crippen molar-refractivity contribution in [3.05, 3.63) is 59.2 Å². The van der Waals surface area contributed by atoms with E-state index in [1.54, 1.807) is 0 Å². The van der Waals surface area contributed by atoms with Crippen molar-refractivity contribution in [2.45, 2.75) is 20.0 Å². The number of carbonyl (C=O) groups excluding carboxylic acids is 1. The van der Waals surface area contributed by atoms with Crippen molar-refractivity contribution in [1.82, 2.24) is 5.32 Å². The Morgan fingerprint density at radius 2 is 1.89 bits per heavy atom. The van der Waals surface area contributed by atoms with E-state index in [1.807, 2.05) is 43.3 Å². The normalized spacial score (nSPS) is 12.9.